The Balaban J connectivity index is 2.06. The molecule has 0 spiro atoms. The normalized spacial score (nSPS) is 22.1. The van der Waals surface area contributed by atoms with Crippen molar-refractivity contribution in [2.75, 3.05) is 18.0 Å². The highest BCUT2D eigenvalue weighted by Crippen LogP contribution is 2.34. The third kappa shape index (κ3) is 2.80. The minimum absolute atomic E-state index is 0.393. The van der Waals surface area contributed by atoms with Crippen LogP contribution in [0.15, 0.2) is 0 Å². The summed E-state index contributed by atoms with van der Waals surface area (Å²) in [6, 6.07) is 0. The van der Waals surface area contributed by atoms with E-state index in [1.807, 2.05) is 13.8 Å². The SMILES string of the molecule is CCCC1CCN(c2nc(C)c(C(C)O)s2)C1. The molecule has 2 rings (SSSR count). The van der Waals surface area contributed by atoms with E-state index in [-0.39, 0.29) is 0 Å². The molecule has 0 aromatic carbocycles. The standard InChI is InChI=1S/C13H22N2OS/c1-4-5-11-6-7-15(8-11)13-14-9(2)12(17-13)10(3)16/h10-11,16H,4-8H2,1-3H3. The Morgan fingerprint density at radius 1 is 1.59 bits per heavy atom. The zero-order valence-corrected chi connectivity index (χ0v) is 11.8. The smallest absolute Gasteiger partial charge is 0.185 e. The molecule has 0 amide bonds. The molecule has 1 saturated heterocycles. The Morgan fingerprint density at radius 3 is 2.94 bits per heavy atom. The van der Waals surface area contributed by atoms with Gasteiger partial charge in [-0.2, -0.15) is 0 Å². The maximum atomic E-state index is 9.65. The average molecular weight is 254 g/mol. The molecule has 1 aromatic heterocycles. The molecule has 3 nitrogen and oxygen atoms in total. The summed E-state index contributed by atoms with van der Waals surface area (Å²) >= 11 is 1.65. The first-order chi connectivity index (χ1) is 8.11. The summed E-state index contributed by atoms with van der Waals surface area (Å²) in [5.74, 6) is 0.833. The summed E-state index contributed by atoms with van der Waals surface area (Å²) < 4.78 is 0. The van der Waals surface area contributed by atoms with Gasteiger partial charge in [0, 0.05) is 13.1 Å². The number of aryl methyl sites for hydroxylation is 1. The van der Waals surface area contributed by atoms with Crippen molar-refractivity contribution in [2.24, 2.45) is 5.92 Å². The second kappa shape index (κ2) is 5.36. The first kappa shape index (κ1) is 12.8. The van der Waals surface area contributed by atoms with Crippen LogP contribution in [0.4, 0.5) is 5.13 Å². The molecule has 1 fully saturated rings. The molecule has 4 heteroatoms. The van der Waals surface area contributed by atoms with Gasteiger partial charge in [0.1, 0.15) is 0 Å². The van der Waals surface area contributed by atoms with Crippen LogP contribution in [-0.2, 0) is 0 Å². The molecule has 2 unspecified atom stereocenters. The lowest BCUT2D eigenvalue weighted by Gasteiger charge is -2.14. The van der Waals surface area contributed by atoms with Crippen LogP contribution in [0.3, 0.4) is 0 Å². The van der Waals surface area contributed by atoms with Gasteiger partial charge in [-0.3, -0.25) is 0 Å². The Morgan fingerprint density at radius 2 is 2.35 bits per heavy atom. The first-order valence-corrected chi connectivity index (χ1v) is 7.33. The Labute approximate surface area is 107 Å². The van der Waals surface area contributed by atoms with E-state index in [9.17, 15) is 5.11 Å². The van der Waals surface area contributed by atoms with E-state index in [4.69, 9.17) is 0 Å². The zero-order valence-electron chi connectivity index (χ0n) is 10.9. The lowest BCUT2D eigenvalue weighted by atomic mass is 10.0. The Hall–Kier alpha value is -0.610. The zero-order chi connectivity index (χ0) is 12.4. The van der Waals surface area contributed by atoms with E-state index in [2.05, 4.69) is 16.8 Å². The van der Waals surface area contributed by atoms with Crippen molar-refractivity contribution in [3.05, 3.63) is 10.6 Å². The van der Waals surface area contributed by atoms with E-state index >= 15 is 0 Å². The number of aliphatic hydroxyl groups excluding tert-OH is 1. The molecule has 2 atom stereocenters. The predicted octanol–water partition coefficient (Wildman–Crippen LogP) is 3.13. The van der Waals surface area contributed by atoms with Crippen molar-refractivity contribution in [1.82, 2.24) is 4.98 Å². The van der Waals surface area contributed by atoms with Gasteiger partial charge in [0.15, 0.2) is 5.13 Å². The predicted molar refractivity (Wildman–Crippen MR) is 72.7 cm³/mol. The molecule has 0 radical (unpaired) electrons. The van der Waals surface area contributed by atoms with Gasteiger partial charge in [-0.15, -0.1) is 0 Å². The van der Waals surface area contributed by atoms with E-state index in [0.717, 1.165) is 34.7 Å². The molecule has 17 heavy (non-hydrogen) atoms. The van der Waals surface area contributed by atoms with Gasteiger partial charge in [0.05, 0.1) is 16.7 Å². The fourth-order valence-electron chi connectivity index (χ4n) is 2.57. The van der Waals surface area contributed by atoms with Crippen molar-refractivity contribution in [2.45, 2.75) is 46.1 Å². The highest BCUT2D eigenvalue weighted by atomic mass is 32.1. The quantitative estimate of drug-likeness (QED) is 0.897. The van der Waals surface area contributed by atoms with Gasteiger partial charge >= 0.3 is 0 Å². The number of nitrogens with zero attached hydrogens (tertiary/aromatic N) is 2. The Bertz CT molecular complexity index is 375. The molecule has 1 aromatic rings. The number of aliphatic hydroxyl groups is 1. The number of rotatable bonds is 4. The van der Waals surface area contributed by atoms with E-state index in [1.165, 1.54) is 19.3 Å². The van der Waals surface area contributed by atoms with Crippen molar-refractivity contribution in [3.8, 4) is 0 Å². The maximum absolute atomic E-state index is 9.65. The lowest BCUT2D eigenvalue weighted by Crippen LogP contribution is -2.19. The number of hydrogen-bond acceptors (Lipinski definition) is 4. The van der Waals surface area contributed by atoms with Crippen molar-refractivity contribution in [3.63, 3.8) is 0 Å². The van der Waals surface area contributed by atoms with Crippen molar-refractivity contribution in [1.29, 1.82) is 0 Å². The fraction of sp³-hybridized carbons (Fsp3) is 0.769. The Kier molecular flexibility index (Phi) is 4.05. The second-order valence-corrected chi connectivity index (χ2v) is 6.02. The number of aromatic nitrogens is 1. The van der Waals surface area contributed by atoms with E-state index in [0.29, 0.717) is 0 Å². The summed E-state index contributed by atoms with van der Waals surface area (Å²) in [6.45, 7) is 8.31. The average Bonchev–Trinajstić information content (AvgIpc) is 2.85. The molecule has 2 heterocycles. The van der Waals surface area contributed by atoms with Gasteiger partial charge in [-0.25, -0.2) is 4.98 Å². The van der Waals surface area contributed by atoms with Crippen LogP contribution in [0.1, 0.15) is 49.8 Å². The van der Waals surface area contributed by atoms with E-state index < -0.39 is 6.10 Å². The number of anilines is 1. The topological polar surface area (TPSA) is 36.4 Å². The summed E-state index contributed by atoms with van der Waals surface area (Å²) in [7, 11) is 0. The van der Waals surface area contributed by atoms with E-state index in [1.54, 1.807) is 11.3 Å². The van der Waals surface area contributed by atoms with Crippen molar-refractivity contribution < 1.29 is 5.11 Å². The monoisotopic (exact) mass is 254 g/mol. The molecule has 1 aliphatic heterocycles. The maximum Gasteiger partial charge on any atom is 0.185 e. The highest BCUT2D eigenvalue weighted by molar-refractivity contribution is 7.15. The van der Waals surface area contributed by atoms with Crippen LogP contribution < -0.4 is 4.90 Å². The summed E-state index contributed by atoms with van der Waals surface area (Å²) in [5.41, 5.74) is 0.985. The summed E-state index contributed by atoms with van der Waals surface area (Å²) in [4.78, 5) is 7.98. The number of thiazole rings is 1. The largest absolute Gasteiger partial charge is 0.388 e. The molecule has 0 bridgehead atoms. The molecular weight excluding hydrogens is 232 g/mol. The first-order valence-electron chi connectivity index (χ1n) is 6.52. The van der Waals surface area contributed by atoms with Gasteiger partial charge < -0.3 is 10.0 Å². The lowest BCUT2D eigenvalue weighted by molar-refractivity contribution is 0.202. The van der Waals surface area contributed by atoms with Crippen LogP contribution in [0, 0.1) is 12.8 Å². The molecule has 0 aliphatic carbocycles. The second-order valence-electron chi connectivity index (χ2n) is 5.01. The molecule has 96 valence electrons. The van der Waals surface area contributed by atoms with Crippen LogP contribution in [0.5, 0.6) is 0 Å². The summed E-state index contributed by atoms with van der Waals surface area (Å²) in [6.07, 6.45) is 3.49. The summed E-state index contributed by atoms with van der Waals surface area (Å²) in [5, 5.41) is 10.7. The minimum atomic E-state index is -0.393. The van der Waals surface area contributed by atoms with Crippen LogP contribution in [0.2, 0.25) is 0 Å². The fourth-order valence-corrected chi connectivity index (χ4v) is 3.60. The van der Waals surface area contributed by atoms with Gasteiger partial charge in [0.2, 0.25) is 0 Å². The van der Waals surface area contributed by atoms with Crippen LogP contribution in [0.25, 0.3) is 0 Å². The molecule has 0 saturated carbocycles. The highest BCUT2D eigenvalue weighted by Gasteiger charge is 2.25. The number of hydrogen-bond donors (Lipinski definition) is 1. The van der Waals surface area contributed by atoms with Crippen LogP contribution in [-0.4, -0.2) is 23.2 Å². The van der Waals surface area contributed by atoms with Gasteiger partial charge in [0.25, 0.3) is 0 Å². The minimum Gasteiger partial charge on any atom is -0.388 e. The molecule has 1 N–H and O–H groups in total. The van der Waals surface area contributed by atoms with Crippen molar-refractivity contribution >= 4 is 16.5 Å². The third-order valence-corrected chi connectivity index (χ3v) is 4.84. The van der Waals surface area contributed by atoms with Gasteiger partial charge in [-0.05, 0) is 32.6 Å². The van der Waals surface area contributed by atoms with Crippen LogP contribution >= 0.6 is 11.3 Å². The third-order valence-electron chi connectivity index (χ3n) is 3.45. The molecular formula is C13H22N2OS. The molecule has 1 aliphatic rings. The van der Waals surface area contributed by atoms with Gasteiger partial charge in [-0.1, -0.05) is 24.7 Å².